The van der Waals surface area contributed by atoms with Crippen molar-refractivity contribution in [2.24, 2.45) is 0 Å². The molecule has 0 heterocycles. The fourth-order valence-corrected chi connectivity index (χ4v) is 2.66. The monoisotopic (exact) mass is 362 g/mol. The van der Waals surface area contributed by atoms with E-state index < -0.39 is 12.6 Å². The van der Waals surface area contributed by atoms with Gasteiger partial charge in [0.1, 0.15) is 0 Å². The molecule has 0 atom stereocenters. The predicted molar refractivity (Wildman–Crippen MR) is 103 cm³/mol. The SMILES string of the molecule is COc1cc(C=CC(=O)c2ccc3ccccc3c2)ccc1OCC(=O)O. The molecule has 27 heavy (non-hydrogen) atoms. The molecule has 0 aromatic heterocycles. The summed E-state index contributed by atoms with van der Waals surface area (Å²) in [5, 5.41) is 10.8. The van der Waals surface area contributed by atoms with E-state index in [1.54, 1.807) is 30.3 Å². The van der Waals surface area contributed by atoms with E-state index in [0.717, 1.165) is 16.3 Å². The van der Waals surface area contributed by atoms with Gasteiger partial charge in [-0.1, -0.05) is 48.5 Å². The first-order valence-electron chi connectivity index (χ1n) is 8.30. The third-order valence-electron chi connectivity index (χ3n) is 4.00. The van der Waals surface area contributed by atoms with Crippen LogP contribution in [0.3, 0.4) is 0 Å². The number of fused-ring (bicyclic) bond motifs is 1. The second-order valence-electron chi connectivity index (χ2n) is 5.85. The number of hydrogen-bond donors (Lipinski definition) is 1. The van der Waals surface area contributed by atoms with Gasteiger partial charge in [0.25, 0.3) is 0 Å². The van der Waals surface area contributed by atoms with Crippen molar-refractivity contribution in [3.05, 3.63) is 77.9 Å². The van der Waals surface area contributed by atoms with Crippen molar-refractivity contribution in [3.63, 3.8) is 0 Å². The van der Waals surface area contributed by atoms with E-state index in [4.69, 9.17) is 14.6 Å². The Kier molecular flexibility index (Phi) is 5.52. The van der Waals surface area contributed by atoms with Gasteiger partial charge in [-0.3, -0.25) is 4.79 Å². The smallest absolute Gasteiger partial charge is 0.341 e. The van der Waals surface area contributed by atoms with Gasteiger partial charge in [0.15, 0.2) is 23.9 Å². The summed E-state index contributed by atoms with van der Waals surface area (Å²) in [5.41, 5.74) is 1.35. The third kappa shape index (κ3) is 4.52. The number of allylic oxidation sites excluding steroid dienone is 1. The van der Waals surface area contributed by atoms with Gasteiger partial charge in [-0.2, -0.15) is 0 Å². The van der Waals surface area contributed by atoms with Crippen molar-refractivity contribution in [1.82, 2.24) is 0 Å². The number of carbonyl (C=O) groups excluding carboxylic acids is 1. The Bertz CT molecular complexity index is 1020. The first-order valence-corrected chi connectivity index (χ1v) is 8.30. The van der Waals surface area contributed by atoms with E-state index in [2.05, 4.69) is 0 Å². The second-order valence-corrected chi connectivity index (χ2v) is 5.85. The van der Waals surface area contributed by atoms with Gasteiger partial charge in [-0.25, -0.2) is 4.79 Å². The Morgan fingerprint density at radius 2 is 1.74 bits per heavy atom. The molecule has 5 heteroatoms. The molecule has 0 saturated carbocycles. The van der Waals surface area contributed by atoms with Crippen molar-refractivity contribution in [1.29, 1.82) is 0 Å². The topological polar surface area (TPSA) is 72.8 Å². The van der Waals surface area contributed by atoms with Gasteiger partial charge in [0, 0.05) is 5.56 Å². The van der Waals surface area contributed by atoms with Crippen LogP contribution in [0.2, 0.25) is 0 Å². The van der Waals surface area contributed by atoms with Crippen molar-refractivity contribution in [3.8, 4) is 11.5 Å². The number of methoxy groups -OCH3 is 1. The largest absolute Gasteiger partial charge is 0.493 e. The minimum atomic E-state index is -1.07. The maximum absolute atomic E-state index is 12.5. The van der Waals surface area contributed by atoms with Gasteiger partial charge in [0.05, 0.1) is 7.11 Å². The molecule has 3 aromatic carbocycles. The standard InChI is InChI=1S/C22H18O5/c1-26-21-12-15(7-11-20(21)27-14-22(24)25)6-10-19(23)18-9-8-16-4-2-3-5-17(16)13-18/h2-13H,14H2,1H3,(H,24,25). The predicted octanol–water partition coefficient (Wildman–Crippen LogP) is 4.21. The molecular formula is C22H18O5. The Labute approximate surface area is 156 Å². The lowest BCUT2D eigenvalue weighted by molar-refractivity contribution is -0.139. The van der Waals surface area contributed by atoms with Crippen LogP contribution in [-0.4, -0.2) is 30.6 Å². The van der Waals surface area contributed by atoms with Gasteiger partial charge in [-0.05, 0) is 40.6 Å². The second kappa shape index (κ2) is 8.19. The Morgan fingerprint density at radius 3 is 2.48 bits per heavy atom. The summed E-state index contributed by atoms with van der Waals surface area (Å²) < 4.78 is 10.4. The molecule has 0 saturated heterocycles. The first kappa shape index (κ1) is 18.2. The summed E-state index contributed by atoms with van der Waals surface area (Å²) in [7, 11) is 1.47. The Hall–Kier alpha value is -3.60. The number of carboxylic acids is 1. The third-order valence-corrected chi connectivity index (χ3v) is 4.00. The summed E-state index contributed by atoms with van der Waals surface area (Å²) >= 11 is 0. The minimum absolute atomic E-state index is 0.106. The number of hydrogen-bond acceptors (Lipinski definition) is 4. The van der Waals surface area contributed by atoms with Crippen LogP contribution in [0, 0.1) is 0 Å². The van der Waals surface area contributed by atoms with E-state index in [9.17, 15) is 9.59 Å². The number of ether oxygens (including phenoxy) is 2. The summed E-state index contributed by atoms with van der Waals surface area (Å²) in [4.78, 5) is 23.1. The van der Waals surface area contributed by atoms with E-state index in [-0.39, 0.29) is 5.78 Å². The highest BCUT2D eigenvalue weighted by Crippen LogP contribution is 2.28. The summed E-state index contributed by atoms with van der Waals surface area (Å²) in [5.74, 6) is -0.442. The summed E-state index contributed by atoms with van der Waals surface area (Å²) in [6.07, 6.45) is 3.18. The van der Waals surface area contributed by atoms with E-state index in [0.29, 0.717) is 17.1 Å². The lowest BCUT2D eigenvalue weighted by atomic mass is 10.0. The maximum atomic E-state index is 12.5. The molecule has 136 valence electrons. The lowest BCUT2D eigenvalue weighted by Crippen LogP contribution is -2.10. The number of carboxylic acid groups (broad SMARTS) is 1. The molecule has 0 unspecified atom stereocenters. The van der Waals surface area contributed by atoms with Crippen LogP contribution in [0.15, 0.2) is 66.7 Å². The summed E-state index contributed by atoms with van der Waals surface area (Å²) in [6, 6.07) is 18.5. The molecule has 0 spiro atoms. The van der Waals surface area contributed by atoms with Crippen LogP contribution in [-0.2, 0) is 4.79 Å². The molecule has 0 fully saturated rings. The van der Waals surface area contributed by atoms with Crippen molar-refractivity contribution in [2.45, 2.75) is 0 Å². The highest BCUT2D eigenvalue weighted by molar-refractivity contribution is 6.08. The Balaban J connectivity index is 1.77. The van der Waals surface area contributed by atoms with Gasteiger partial charge >= 0.3 is 5.97 Å². The van der Waals surface area contributed by atoms with E-state index in [1.165, 1.54) is 13.2 Å². The average Bonchev–Trinajstić information content (AvgIpc) is 2.70. The van der Waals surface area contributed by atoms with Crippen LogP contribution in [0.4, 0.5) is 0 Å². The molecule has 5 nitrogen and oxygen atoms in total. The number of benzene rings is 3. The fraction of sp³-hybridized carbons (Fsp3) is 0.0909. The molecule has 0 aliphatic rings. The quantitative estimate of drug-likeness (QED) is 0.503. The zero-order chi connectivity index (χ0) is 19.2. The number of ketones is 1. The normalized spacial score (nSPS) is 10.9. The van der Waals surface area contributed by atoms with Crippen LogP contribution in [0.25, 0.3) is 16.8 Å². The van der Waals surface area contributed by atoms with Crippen LogP contribution in [0.1, 0.15) is 15.9 Å². The molecule has 1 N–H and O–H groups in total. The molecule has 3 aromatic rings. The lowest BCUT2D eigenvalue weighted by Gasteiger charge is -2.09. The fourth-order valence-electron chi connectivity index (χ4n) is 2.66. The van der Waals surface area contributed by atoms with Crippen LogP contribution >= 0.6 is 0 Å². The number of aliphatic carboxylic acids is 1. The zero-order valence-corrected chi connectivity index (χ0v) is 14.7. The molecule has 0 amide bonds. The average molecular weight is 362 g/mol. The van der Waals surface area contributed by atoms with Crippen molar-refractivity contribution >= 4 is 28.6 Å². The van der Waals surface area contributed by atoms with E-state index >= 15 is 0 Å². The molecule has 0 bridgehead atoms. The number of rotatable bonds is 7. The van der Waals surface area contributed by atoms with Crippen LogP contribution < -0.4 is 9.47 Å². The molecule has 0 aliphatic carbocycles. The highest BCUT2D eigenvalue weighted by atomic mass is 16.5. The summed E-state index contributed by atoms with van der Waals surface area (Å²) in [6.45, 7) is -0.452. The molecule has 0 aliphatic heterocycles. The van der Waals surface area contributed by atoms with Gasteiger partial charge in [0.2, 0.25) is 0 Å². The number of carbonyl (C=O) groups is 2. The first-order chi connectivity index (χ1) is 13.1. The zero-order valence-electron chi connectivity index (χ0n) is 14.7. The minimum Gasteiger partial charge on any atom is -0.493 e. The van der Waals surface area contributed by atoms with Crippen LogP contribution in [0.5, 0.6) is 11.5 Å². The van der Waals surface area contributed by atoms with Gasteiger partial charge in [-0.15, -0.1) is 0 Å². The highest BCUT2D eigenvalue weighted by Gasteiger charge is 2.08. The molecule has 3 rings (SSSR count). The molecular weight excluding hydrogens is 344 g/mol. The molecule has 0 radical (unpaired) electrons. The van der Waals surface area contributed by atoms with Gasteiger partial charge < -0.3 is 14.6 Å². The van der Waals surface area contributed by atoms with Crippen molar-refractivity contribution in [2.75, 3.05) is 13.7 Å². The van der Waals surface area contributed by atoms with E-state index in [1.807, 2.05) is 36.4 Å². The van der Waals surface area contributed by atoms with Crippen molar-refractivity contribution < 1.29 is 24.2 Å². The Morgan fingerprint density at radius 1 is 0.963 bits per heavy atom. The maximum Gasteiger partial charge on any atom is 0.341 e.